The van der Waals surface area contributed by atoms with Gasteiger partial charge in [0, 0.05) is 17.6 Å². The van der Waals surface area contributed by atoms with E-state index in [1.807, 2.05) is 0 Å². The second kappa shape index (κ2) is 3.29. The third-order valence-corrected chi connectivity index (χ3v) is 2.60. The zero-order valence-electron chi connectivity index (χ0n) is 6.94. The van der Waals surface area contributed by atoms with Gasteiger partial charge in [0.25, 0.3) is 0 Å². The van der Waals surface area contributed by atoms with Gasteiger partial charge in [-0.25, -0.2) is 0 Å². The zero-order chi connectivity index (χ0) is 9.42. The van der Waals surface area contributed by atoms with Crippen molar-refractivity contribution in [3.8, 4) is 0 Å². The molecular formula is C8H9BClNO2. The number of aromatic nitrogens is 1. The standard InChI is InChI=1S/C8H9BClNO2/c10-7-6(9(12)13)3-4-11-8(7)5-1-2-5/h3-5,12-13H,1-2H2. The number of hydrogen-bond donors (Lipinski definition) is 2. The van der Waals surface area contributed by atoms with Crippen molar-refractivity contribution >= 4 is 24.2 Å². The van der Waals surface area contributed by atoms with Gasteiger partial charge < -0.3 is 10.0 Å². The lowest BCUT2D eigenvalue weighted by atomic mass is 9.80. The van der Waals surface area contributed by atoms with Gasteiger partial charge in [-0.2, -0.15) is 0 Å². The van der Waals surface area contributed by atoms with E-state index in [9.17, 15) is 0 Å². The Hall–Kier alpha value is -0.575. The Morgan fingerprint density at radius 3 is 2.69 bits per heavy atom. The first-order valence-electron chi connectivity index (χ1n) is 4.20. The fourth-order valence-corrected chi connectivity index (χ4v) is 1.68. The fraction of sp³-hybridized carbons (Fsp3) is 0.375. The van der Waals surface area contributed by atoms with Crippen molar-refractivity contribution in [2.24, 2.45) is 0 Å². The summed E-state index contributed by atoms with van der Waals surface area (Å²) in [7, 11) is -1.51. The smallest absolute Gasteiger partial charge is 0.423 e. The Labute approximate surface area is 81.5 Å². The maximum absolute atomic E-state index is 8.97. The number of halogens is 1. The van der Waals surface area contributed by atoms with Gasteiger partial charge in [-0.3, -0.25) is 4.98 Å². The van der Waals surface area contributed by atoms with Gasteiger partial charge in [-0.05, 0) is 18.9 Å². The molecule has 0 saturated heterocycles. The van der Waals surface area contributed by atoms with Crippen LogP contribution in [0.3, 0.4) is 0 Å². The summed E-state index contributed by atoms with van der Waals surface area (Å²) in [6.07, 6.45) is 3.75. The van der Waals surface area contributed by atoms with Crippen molar-refractivity contribution in [3.63, 3.8) is 0 Å². The molecule has 0 aliphatic heterocycles. The SMILES string of the molecule is OB(O)c1ccnc(C2CC2)c1Cl. The highest BCUT2D eigenvalue weighted by Gasteiger charge is 2.29. The molecule has 1 heterocycles. The molecule has 0 spiro atoms. The molecule has 1 aromatic heterocycles. The van der Waals surface area contributed by atoms with E-state index in [-0.39, 0.29) is 0 Å². The summed E-state index contributed by atoms with van der Waals surface area (Å²) in [4.78, 5) is 4.13. The topological polar surface area (TPSA) is 53.4 Å². The van der Waals surface area contributed by atoms with Crippen LogP contribution in [0, 0.1) is 0 Å². The average Bonchev–Trinajstić information content (AvgIpc) is 2.87. The molecule has 2 N–H and O–H groups in total. The van der Waals surface area contributed by atoms with Crippen molar-refractivity contribution in [1.82, 2.24) is 4.98 Å². The fourth-order valence-electron chi connectivity index (χ4n) is 1.32. The molecule has 0 radical (unpaired) electrons. The Morgan fingerprint density at radius 2 is 2.15 bits per heavy atom. The lowest BCUT2D eigenvalue weighted by Gasteiger charge is -2.06. The van der Waals surface area contributed by atoms with Crippen molar-refractivity contribution in [2.45, 2.75) is 18.8 Å². The number of rotatable bonds is 2. The minimum absolute atomic E-state index is 0.346. The highest BCUT2D eigenvalue weighted by Crippen LogP contribution is 2.41. The van der Waals surface area contributed by atoms with E-state index in [1.54, 1.807) is 6.20 Å². The Morgan fingerprint density at radius 1 is 1.46 bits per heavy atom. The van der Waals surface area contributed by atoms with Crippen molar-refractivity contribution in [2.75, 3.05) is 0 Å². The van der Waals surface area contributed by atoms with Gasteiger partial charge in [-0.15, -0.1) is 0 Å². The maximum Gasteiger partial charge on any atom is 0.490 e. The van der Waals surface area contributed by atoms with Gasteiger partial charge in [0.05, 0.1) is 10.7 Å². The summed E-state index contributed by atoms with van der Waals surface area (Å²) < 4.78 is 0. The summed E-state index contributed by atoms with van der Waals surface area (Å²) in [5.74, 6) is 0.422. The first-order chi connectivity index (χ1) is 6.20. The lowest BCUT2D eigenvalue weighted by molar-refractivity contribution is 0.425. The Balaban J connectivity index is 2.41. The van der Waals surface area contributed by atoms with E-state index in [1.165, 1.54) is 6.07 Å². The molecule has 0 bridgehead atoms. The van der Waals surface area contributed by atoms with Crippen LogP contribution in [0.15, 0.2) is 12.3 Å². The highest BCUT2D eigenvalue weighted by atomic mass is 35.5. The number of hydrogen-bond acceptors (Lipinski definition) is 3. The first-order valence-corrected chi connectivity index (χ1v) is 4.58. The predicted molar refractivity (Wildman–Crippen MR) is 51.0 cm³/mol. The molecular weight excluding hydrogens is 188 g/mol. The summed E-state index contributed by atoms with van der Waals surface area (Å²) in [6.45, 7) is 0. The van der Waals surface area contributed by atoms with E-state index >= 15 is 0 Å². The van der Waals surface area contributed by atoms with E-state index in [2.05, 4.69) is 4.98 Å². The summed E-state index contributed by atoms with van der Waals surface area (Å²) in [6, 6.07) is 1.53. The second-order valence-electron chi connectivity index (χ2n) is 3.25. The van der Waals surface area contributed by atoms with Crippen LogP contribution in [0.2, 0.25) is 5.02 Å². The molecule has 13 heavy (non-hydrogen) atoms. The van der Waals surface area contributed by atoms with Crippen molar-refractivity contribution < 1.29 is 10.0 Å². The molecule has 0 atom stereocenters. The largest absolute Gasteiger partial charge is 0.490 e. The van der Waals surface area contributed by atoms with E-state index in [0.717, 1.165) is 18.5 Å². The molecule has 5 heteroatoms. The molecule has 0 unspecified atom stereocenters. The number of nitrogens with zero attached hydrogens (tertiary/aromatic N) is 1. The third-order valence-electron chi connectivity index (χ3n) is 2.19. The molecule has 1 fully saturated rings. The molecule has 3 nitrogen and oxygen atoms in total. The molecule has 2 rings (SSSR count). The van der Waals surface area contributed by atoms with E-state index in [4.69, 9.17) is 21.6 Å². The number of pyridine rings is 1. The van der Waals surface area contributed by atoms with Crippen molar-refractivity contribution in [1.29, 1.82) is 0 Å². The summed E-state index contributed by atoms with van der Waals surface area (Å²) in [5, 5.41) is 18.4. The van der Waals surface area contributed by atoms with Crippen LogP contribution < -0.4 is 5.46 Å². The normalized spacial score (nSPS) is 15.9. The van der Waals surface area contributed by atoms with Crippen LogP contribution in [0.25, 0.3) is 0 Å². The molecule has 1 aliphatic rings. The summed E-state index contributed by atoms with van der Waals surface area (Å²) >= 11 is 5.96. The molecule has 1 saturated carbocycles. The van der Waals surface area contributed by atoms with Crippen LogP contribution in [0.1, 0.15) is 24.5 Å². The van der Waals surface area contributed by atoms with Gasteiger partial charge >= 0.3 is 7.12 Å². The molecule has 68 valence electrons. The quantitative estimate of drug-likeness (QED) is 0.670. The lowest BCUT2D eigenvalue weighted by Crippen LogP contribution is -2.31. The van der Waals surface area contributed by atoms with Gasteiger partial charge in [0.1, 0.15) is 0 Å². The molecule has 0 aromatic carbocycles. The van der Waals surface area contributed by atoms with Crippen LogP contribution >= 0.6 is 11.6 Å². The molecule has 1 aliphatic carbocycles. The first kappa shape index (κ1) is 9.00. The minimum atomic E-state index is -1.51. The van der Waals surface area contributed by atoms with Crippen LogP contribution in [0.4, 0.5) is 0 Å². The highest BCUT2D eigenvalue weighted by molar-refractivity contribution is 6.62. The van der Waals surface area contributed by atoms with Crippen LogP contribution in [-0.2, 0) is 0 Å². The van der Waals surface area contributed by atoms with E-state index in [0.29, 0.717) is 16.4 Å². The molecule has 1 aromatic rings. The van der Waals surface area contributed by atoms with Gasteiger partial charge in [0.15, 0.2) is 0 Å². The summed E-state index contributed by atoms with van der Waals surface area (Å²) in [5.41, 5.74) is 1.14. The zero-order valence-corrected chi connectivity index (χ0v) is 7.70. The van der Waals surface area contributed by atoms with E-state index < -0.39 is 7.12 Å². The Bertz CT molecular complexity index is 308. The maximum atomic E-state index is 8.97. The Kier molecular flexibility index (Phi) is 2.28. The minimum Gasteiger partial charge on any atom is -0.423 e. The average molecular weight is 197 g/mol. The molecule has 0 amide bonds. The van der Waals surface area contributed by atoms with Gasteiger partial charge in [0.2, 0.25) is 0 Å². The third kappa shape index (κ3) is 1.70. The van der Waals surface area contributed by atoms with Crippen LogP contribution in [0.5, 0.6) is 0 Å². The monoisotopic (exact) mass is 197 g/mol. The predicted octanol–water partition coefficient (Wildman–Crippen LogP) is 0.292. The van der Waals surface area contributed by atoms with Crippen LogP contribution in [-0.4, -0.2) is 22.2 Å². The van der Waals surface area contributed by atoms with Crippen molar-refractivity contribution in [3.05, 3.63) is 23.0 Å². The van der Waals surface area contributed by atoms with Gasteiger partial charge in [-0.1, -0.05) is 11.6 Å². The second-order valence-corrected chi connectivity index (χ2v) is 3.63.